The summed E-state index contributed by atoms with van der Waals surface area (Å²) in [5.41, 5.74) is -0.450. The van der Waals surface area contributed by atoms with Crippen molar-refractivity contribution in [2.75, 3.05) is 6.61 Å². The molecule has 13 heavy (non-hydrogen) atoms. The molecule has 1 aliphatic rings. The summed E-state index contributed by atoms with van der Waals surface area (Å²) in [5, 5.41) is 0. The van der Waals surface area contributed by atoms with E-state index in [4.69, 9.17) is 4.74 Å². The standard InChI is InChI=1S/C8H7F3OS/c1-7(4-12-7)5-2-3-6(13-5)8(9,10)11/h2-3H,4H2,1H3. The summed E-state index contributed by atoms with van der Waals surface area (Å²) in [6, 6.07) is 2.59. The minimum absolute atomic E-state index is 0.450. The van der Waals surface area contributed by atoms with Crippen LogP contribution in [0.2, 0.25) is 0 Å². The zero-order chi connectivity index (χ0) is 9.69. The molecule has 2 rings (SSSR count). The second-order valence-electron chi connectivity index (χ2n) is 3.18. The molecule has 1 atom stereocenters. The summed E-state index contributed by atoms with van der Waals surface area (Å²) in [4.78, 5) is 0.0963. The van der Waals surface area contributed by atoms with E-state index >= 15 is 0 Å². The molecule has 72 valence electrons. The summed E-state index contributed by atoms with van der Waals surface area (Å²) >= 11 is 0.759. The monoisotopic (exact) mass is 208 g/mol. The van der Waals surface area contributed by atoms with Gasteiger partial charge in [0, 0.05) is 4.88 Å². The highest BCUT2D eigenvalue weighted by Crippen LogP contribution is 2.44. The third-order valence-corrected chi connectivity index (χ3v) is 3.36. The Morgan fingerprint density at radius 2 is 2.08 bits per heavy atom. The quantitative estimate of drug-likeness (QED) is 0.646. The number of thiophene rings is 1. The van der Waals surface area contributed by atoms with Gasteiger partial charge in [-0.1, -0.05) is 0 Å². The van der Waals surface area contributed by atoms with Crippen LogP contribution in [0.5, 0.6) is 0 Å². The van der Waals surface area contributed by atoms with Gasteiger partial charge < -0.3 is 4.74 Å². The minimum Gasteiger partial charge on any atom is -0.364 e. The summed E-state index contributed by atoms with van der Waals surface area (Å²) < 4.78 is 41.6. The Kier molecular flexibility index (Phi) is 1.72. The van der Waals surface area contributed by atoms with Crippen molar-refractivity contribution in [2.45, 2.75) is 18.7 Å². The van der Waals surface area contributed by atoms with E-state index in [-0.39, 0.29) is 0 Å². The summed E-state index contributed by atoms with van der Waals surface area (Å²) in [7, 11) is 0. The Morgan fingerprint density at radius 3 is 2.46 bits per heavy atom. The van der Waals surface area contributed by atoms with Crippen LogP contribution in [-0.4, -0.2) is 6.61 Å². The van der Waals surface area contributed by atoms with Crippen molar-refractivity contribution in [3.05, 3.63) is 21.9 Å². The van der Waals surface area contributed by atoms with Crippen LogP contribution in [-0.2, 0) is 16.5 Å². The number of hydrogen-bond acceptors (Lipinski definition) is 2. The van der Waals surface area contributed by atoms with Crippen LogP contribution in [0.25, 0.3) is 0 Å². The SMILES string of the molecule is CC1(c2ccc(C(F)(F)F)s2)CO1. The van der Waals surface area contributed by atoms with Gasteiger partial charge in [0.1, 0.15) is 10.5 Å². The lowest BCUT2D eigenvalue weighted by atomic mass is 10.2. The molecular formula is C8H7F3OS. The molecule has 1 aromatic heterocycles. The molecule has 5 heteroatoms. The maximum absolute atomic E-state index is 12.2. The van der Waals surface area contributed by atoms with Gasteiger partial charge in [0.15, 0.2) is 0 Å². The van der Waals surface area contributed by atoms with Gasteiger partial charge in [0.2, 0.25) is 0 Å². The van der Waals surface area contributed by atoms with Crippen LogP contribution in [0.15, 0.2) is 12.1 Å². The number of alkyl halides is 3. The topological polar surface area (TPSA) is 12.5 Å². The first-order valence-corrected chi connectivity index (χ1v) is 4.55. The molecule has 1 nitrogen and oxygen atoms in total. The summed E-state index contributed by atoms with van der Waals surface area (Å²) in [6.07, 6.45) is -4.23. The van der Waals surface area contributed by atoms with Gasteiger partial charge in [0.25, 0.3) is 0 Å². The highest BCUT2D eigenvalue weighted by Gasteiger charge is 2.44. The van der Waals surface area contributed by atoms with E-state index < -0.39 is 16.7 Å². The fourth-order valence-electron chi connectivity index (χ4n) is 1.02. The predicted octanol–water partition coefficient (Wildman–Crippen LogP) is 3.01. The highest BCUT2D eigenvalue weighted by molar-refractivity contribution is 7.12. The van der Waals surface area contributed by atoms with Gasteiger partial charge in [0.05, 0.1) is 6.61 Å². The minimum atomic E-state index is -4.23. The Morgan fingerprint density at radius 1 is 1.46 bits per heavy atom. The Balaban J connectivity index is 2.29. The molecular weight excluding hydrogens is 201 g/mol. The molecule has 0 N–H and O–H groups in total. The molecule has 0 radical (unpaired) electrons. The smallest absolute Gasteiger partial charge is 0.364 e. The molecule has 0 spiro atoms. The second-order valence-corrected chi connectivity index (χ2v) is 4.26. The third kappa shape index (κ3) is 1.58. The lowest BCUT2D eigenvalue weighted by Crippen LogP contribution is -2.01. The van der Waals surface area contributed by atoms with E-state index in [9.17, 15) is 13.2 Å². The van der Waals surface area contributed by atoms with Gasteiger partial charge in [-0.2, -0.15) is 13.2 Å². The number of epoxide rings is 1. The van der Waals surface area contributed by atoms with Crippen molar-refractivity contribution >= 4 is 11.3 Å². The predicted molar refractivity (Wildman–Crippen MR) is 42.6 cm³/mol. The van der Waals surface area contributed by atoms with Crippen molar-refractivity contribution in [3.8, 4) is 0 Å². The lowest BCUT2D eigenvalue weighted by Gasteiger charge is -2.02. The van der Waals surface area contributed by atoms with Gasteiger partial charge >= 0.3 is 6.18 Å². The molecule has 0 saturated carbocycles. The van der Waals surface area contributed by atoms with Gasteiger partial charge in [-0.05, 0) is 19.1 Å². The maximum atomic E-state index is 12.2. The summed E-state index contributed by atoms with van der Waals surface area (Å²) in [5.74, 6) is 0. The zero-order valence-corrected chi connectivity index (χ0v) is 7.63. The third-order valence-electron chi connectivity index (χ3n) is 1.98. The van der Waals surface area contributed by atoms with Crippen LogP contribution in [0.4, 0.5) is 13.2 Å². The average Bonchev–Trinajstić information content (AvgIpc) is 2.60. The van der Waals surface area contributed by atoms with Crippen LogP contribution >= 0.6 is 11.3 Å². The van der Waals surface area contributed by atoms with Crippen LogP contribution < -0.4 is 0 Å². The van der Waals surface area contributed by atoms with Gasteiger partial charge in [-0.15, -0.1) is 11.3 Å². The largest absolute Gasteiger partial charge is 0.425 e. The molecule has 1 unspecified atom stereocenters. The highest BCUT2D eigenvalue weighted by atomic mass is 32.1. The first-order chi connectivity index (χ1) is 5.92. The molecule has 0 aromatic carbocycles. The van der Waals surface area contributed by atoms with E-state index in [0.717, 1.165) is 17.4 Å². The van der Waals surface area contributed by atoms with Crippen molar-refractivity contribution in [2.24, 2.45) is 0 Å². The Labute approximate surface area is 77.1 Å². The molecule has 2 heterocycles. The van der Waals surface area contributed by atoms with Crippen LogP contribution in [0.1, 0.15) is 16.7 Å². The number of hydrogen-bond donors (Lipinski definition) is 0. The second kappa shape index (κ2) is 2.48. The molecule has 1 aliphatic heterocycles. The zero-order valence-electron chi connectivity index (χ0n) is 6.81. The van der Waals surface area contributed by atoms with Crippen LogP contribution in [0.3, 0.4) is 0 Å². The van der Waals surface area contributed by atoms with E-state index in [2.05, 4.69) is 0 Å². The number of ether oxygens (including phenoxy) is 1. The number of rotatable bonds is 1. The molecule has 1 saturated heterocycles. The normalized spacial score (nSPS) is 27.7. The fourth-order valence-corrected chi connectivity index (χ4v) is 1.98. The Hall–Kier alpha value is -0.550. The van der Waals surface area contributed by atoms with E-state index in [1.807, 2.05) is 0 Å². The Bertz CT molecular complexity index is 305. The van der Waals surface area contributed by atoms with E-state index in [0.29, 0.717) is 11.5 Å². The number of halogens is 3. The van der Waals surface area contributed by atoms with Crippen molar-refractivity contribution in [1.29, 1.82) is 0 Å². The van der Waals surface area contributed by atoms with Crippen LogP contribution in [0, 0.1) is 0 Å². The van der Waals surface area contributed by atoms with Gasteiger partial charge in [-0.25, -0.2) is 0 Å². The fraction of sp³-hybridized carbons (Fsp3) is 0.500. The first-order valence-electron chi connectivity index (χ1n) is 3.73. The maximum Gasteiger partial charge on any atom is 0.425 e. The molecule has 0 aliphatic carbocycles. The van der Waals surface area contributed by atoms with Gasteiger partial charge in [-0.3, -0.25) is 0 Å². The van der Waals surface area contributed by atoms with Crippen molar-refractivity contribution in [3.63, 3.8) is 0 Å². The van der Waals surface area contributed by atoms with E-state index in [1.54, 1.807) is 6.92 Å². The van der Waals surface area contributed by atoms with E-state index in [1.165, 1.54) is 6.07 Å². The van der Waals surface area contributed by atoms with Crippen molar-refractivity contribution < 1.29 is 17.9 Å². The van der Waals surface area contributed by atoms with Crippen molar-refractivity contribution in [1.82, 2.24) is 0 Å². The molecule has 1 fully saturated rings. The molecule has 0 bridgehead atoms. The summed E-state index contributed by atoms with van der Waals surface area (Å²) in [6.45, 7) is 2.31. The molecule has 0 amide bonds. The first kappa shape index (κ1) is 9.02. The average molecular weight is 208 g/mol. The molecule has 1 aromatic rings. The lowest BCUT2D eigenvalue weighted by molar-refractivity contribution is -0.134.